The van der Waals surface area contributed by atoms with Gasteiger partial charge >= 0.3 is 0 Å². The molecule has 2 aliphatic rings. The zero-order valence-corrected chi connectivity index (χ0v) is 23.5. The maximum Gasteiger partial charge on any atom is 0.113 e. The van der Waals surface area contributed by atoms with Crippen molar-refractivity contribution >= 4 is 0 Å². The average Bonchev–Trinajstić information content (AvgIpc) is 3.45. The molecule has 0 aliphatic carbocycles. The summed E-state index contributed by atoms with van der Waals surface area (Å²) >= 11 is 0. The topological polar surface area (TPSA) is 40.2 Å². The Morgan fingerprint density at radius 3 is 1.32 bits per heavy atom. The van der Waals surface area contributed by atoms with E-state index in [4.69, 9.17) is 18.9 Å². The van der Waals surface area contributed by atoms with Gasteiger partial charge in [0.15, 0.2) is 0 Å². The summed E-state index contributed by atoms with van der Waals surface area (Å²) in [6.07, 6.45) is 0.415. The second-order valence-electron chi connectivity index (χ2n) is 11.0. The van der Waals surface area contributed by atoms with Crippen molar-refractivity contribution < 1.29 is 18.9 Å². The SMILES string of the molecule is c1ccc(CO[C@H]2[C@H](OCc3ccccc3)[C@@H](OCc3ccccc3)CN3CC[C@H](OCc4ccccc4)[C@@H]23)cc1. The molecule has 41 heavy (non-hydrogen) atoms. The van der Waals surface area contributed by atoms with Gasteiger partial charge in [-0.05, 0) is 28.7 Å². The number of piperidine rings is 1. The molecule has 2 heterocycles. The quantitative estimate of drug-likeness (QED) is 0.204. The van der Waals surface area contributed by atoms with E-state index in [0.29, 0.717) is 26.4 Å². The van der Waals surface area contributed by atoms with Gasteiger partial charge in [-0.2, -0.15) is 0 Å². The van der Waals surface area contributed by atoms with Gasteiger partial charge in [0, 0.05) is 13.1 Å². The number of fused-ring (bicyclic) bond motifs is 1. The van der Waals surface area contributed by atoms with Crippen LogP contribution in [0.5, 0.6) is 0 Å². The van der Waals surface area contributed by atoms with Gasteiger partial charge in [0.05, 0.1) is 44.7 Å². The van der Waals surface area contributed by atoms with E-state index in [2.05, 4.69) is 102 Å². The molecule has 0 aromatic heterocycles. The summed E-state index contributed by atoms with van der Waals surface area (Å²) in [5, 5.41) is 0. The van der Waals surface area contributed by atoms with Gasteiger partial charge < -0.3 is 18.9 Å². The maximum absolute atomic E-state index is 6.82. The Morgan fingerprint density at radius 2 is 0.854 bits per heavy atom. The first kappa shape index (κ1) is 27.8. The van der Waals surface area contributed by atoms with E-state index in [1.54, 1.807) is 0 Å². The second kappa shape index (κ2) is 14.0. The summed E-state index contributed by atoms with van der Waals surface area (Å²) in [6, 6.07) is 41.6. The lowest BCUT2D eigenvalue weighted by atomic mass is 9.91. The number of nitrogens with zero attached hydrogens (tertiary/aromatic N) is 1. The number of hydrogen-bond donors (Lipinski definition) is 0. The summed E-state index contributed by atoms with van der Waals surface area (Å²) in [4.78, 5) is 2.50. The van der Waals surface area contributed by atoms with Crippen molar-refractivity contribution in [3.8, 4) is 0 Å². The largest absolute Gasteiger partial charge is 0.372 e. The van der Waals surface area contributed by atoms with E-state index in [9.17, 15) is 0 Å². The molecular weight excluding hydrogens is 510 g/mol. The summed E-state index contributed by atoms with van der Waals surface area (Å²) in [6.45, 7) is 3.88. The molecule has 0 N–H and O–H groups in total. The lowest BCUT2D eigenvalue weighted by molar-refractivity contribution is -0.208. The van der Waals surface area contributed by atoms with Crippen LogP contribution in [-0.4, -0.2) is 48.4 Å². The van der Waals surface area contributed by atoms with Crippen LogP contribution in [-0.2, 0) is 45.4 Å². The molecule has 2 saturated heterocycles. The van der Waals surface area contributed by atoms with Crippen LogP contribution in [0.4, 0.5) is 0 Å². The minimum Gasteiger partial charge on any atom is -0.372 e. The Hall–Kier alpha value is -3.32. The lowest BCUT2D eigenvalue weighted by Gasteiger charge is -2.47. The van der Waals surface area contributed by atoms with Crippen LogP contribution in [0.25, 0.3) is 0 Å². The Kier molecular flexibility index (Phi) is 9.53. The van der Waals surface area contributed by atoms with Crippen LogP contribution in [0.15, 0.2) is 121 Å². The molecule has 5 atom stereocenters. The Bertz CT molecular complexity index is 1300. The highest BCUT2D eigenvalue weighted by atomic mass is 16.6. The number of ether oxygens (including phenoxy) is 4. The lowest BCUT2D eigenvalue weighted by Crippen LogP contribution is -2.63. The van der Waals surface area contributed by atoms with Crippen molar-refractivity contribution in [3.05, 3.63) is 144 Å². The fourth-order valence-electron chi connectivity index (χ4n) is 6.03. The summed E-state index contributed by atoms with van der Waals surface area (Å²) in [7, 11) is 0. The zero-order valence-electron chi connectivity index (χ0n) is 23.5. The van der Waals surface area contributed by atoms with E-state index in [1.807, 2.05) is 24.3 Å². The molecule has 4 aromatic rings. The van der Waals surface area contributed by atoms with E-state index < -0.39 is 0 Å². The van der Waals surface area contributed by atoms with E-state index in [0.717, 1.165) is 36.2 Å². The van der Waals surface area contributed by atoms with Crippen molar-refractivity contribution in [2.75, 3.05) is 13.1 Å². The van der Waals surface area contributed by atoms with Crippen LogP contribution < -0.4 is 0 Å². The maximum atomic E-state index is 6.82. The summed E-state index contributed by atoms with van der Waals surface area (Å²) in [5.41, 5.74) is 4.63. The third-order valence-corrected chi connectivity index (χ3v) is 8.13. The molecule has 0 saturated carbocycles. The minimum absolute atomic E-state index is 0.0499. The van der Waals surface area contributed by atoms with Gasteiger partial charge in [0.25, 0.3) is 0 Å². The van der Waals surface area contributed by atoms with Crippen LogP contribution in [0.3, 0.4) is 0 Å². The highest BCUT2D eigenvalue weighted by molar-refractivity contribution is 5.17. The molecule has 5 nitrogen and oxygen atoms in total. The zero-order chi connectivity index (χ0) is 27.7. The molecule has 6 rings (SSSR count). The fraction of sp³-hybridized carbons (Fsp3) is 0.333. The number of hydrogen-bond acceptors (Lipinski definition) is 5. The summed E-state index contributed by atoms with van der Waals surface area (Å²) < 4.78 is 26.8. The molecule has 0 spiro atoms. The van der Waals surface area contributed by atoms with E-state index >= 15 is 0 Å². The predicted octanol–water partition coefficient (Wildman–Crippen LogP) is 6.42. The third kappa shape index (κ3) is 7.31. The van der Waals surface area contributed by atoms with E-state index in [-0.39, 0.29) is 30.5 Å². The predicted molar refractivity (Wildman–Crippen MR) is 160 cm³/mol. The normalized spacial score (nSPS) is 24.2. The summed E-state index contributed by atoms with van der Waals surface area (Å²) in [5.74, 6) is 0. The molecule has 0 unspecified atom stereocenters. The molecule has 2 fully saturated rings. The van der Waals surface area contributed by atoms with Crippen LogP contribution in [0.1, 0.15) is 28.7 Å². The molecule has 4 aromatic carbocycles. The molecule has 212 valence electrons. The molecule has 2 aliphatic heterocycles. The molecular formula is C36H39NO4. The first-order valence-corrected chi connectivity index (χ1v) is 14.7. The second-order valence-corrected chi connectivity index (χ2v) is 11.0. The van der Waals surface area contributed by atoms with Crippen molar-refractivity contribution in [3.63, 3.8) is 0 Å². The molecule has 0 radical (unpaired) electrons. The van der Waals surface area contributed by atoms with Crippen molar-refractivity contribution in [1.82, 2.24) is 4.90 Å². The highest BCUT2D eigenvalue weighted by Gasteiger charge is 2.52. The van der Waals surface area contributed by atoms with Gasteiger partial charge in [-0.25, -0.2) is 0 Å². The van der Waals surface area contributed by atoms with Gasteiger partial charge in [-0.1, -0.05) is 121 Å². The third-order valence-electron chi connectivity index (χ3n) is 8.13. The Labute approximate surface area is 243 Å². The van der Waals surface area contributed by atoms with E-state index in [1.165, 1.54) is 5.56 Å². The van der Waals surface area contributed by atoms with Gasteiger partial charge in [-0.3, -0.25) is 4.90 Å². The Morgan fingerprint density at radius 1 is 0.463 bits per heavy atom. The van der Waals surface area contributed by atoms with Crippen LogP contribution in [0, 0.1) is 0 Å². The smallest absolute Gasteiger partial charge is 0.113 e. The van der Waals surface area contributed by atoms with Crippen molar-refractivity contribution in [2.45, 2.75) is 63.3 Å². The molecule has 5 heteroatoms. The first-order valence-electron chi connectivity index (χ1n) is 14.7. The minimum atomic E-state index is -0.246. The fourth-order valence-corrected chi connectivity index (χ4v) is 6.03. The molecule has 0 amide bonds. The van der Waals surface area contributed by atoms with Crippen molar-refractivity contribution in [2.24, 2.45) is 0 Å². The molecule has 0 bridgehead atoms. The van der Waals surface area contributed by atoms with Gasteiger partial charge in [0.2, 0.25) is 0 Å². The van der Waals surface area contributed by atoms with Gasteiger partial charge in [0.1, 0.15) is 12.2 Å². The highest BCUT2D eigenvalue weighted by Crippen LogP contribution is 2.36. The Balaban J connectivity index is 1.25. The monoisotopic (exact) mass is 549 g/mol. The van der Waals surface area contributed by atoms with Gasteiger partial charge in [-0.15, -0.1) is 0 Å². The number of rotatable bonds is 12. The standard InChI is InChI=1S/C36H39NO4/c1-5-13-28(14-6-1)24-38-32-21-22-37-23-33(39-25-29-15-7-2-8-16-29)35(40-26-30-17-9-3-10-18-30)36(34(32)37)41-27-31-19-11-4-12-20-31/h1-20,32-36H,21-27H2/t32-,33-,34-,35+,36+/m0/s1. The van der Waals surface area contributed by atoms with Crippen molar-refractivity contribution in [1.29, 1.82) is 0 Å². The average molecular weight is 550 g/mol. The number of benzene rings is 4. The van der Waals surface area contributed by atoms with Crippen LogP contribution in [0.2, 0.25) is 0 Å². The first-order chi connectivity index (χ1) is 20.3. The van der Waals surface area contributed by atoms with Crippen LogP contribution >= 0.6 is 0 Å².